The molecule has 33 heavy (non-hydrogen) atoms. The molecule has 0 bridgehead atoms. The van der Waals surface area contributed by atoms with Gasteiger partial charge in [0, 0.05) is 6.54 Å². The Balaban J connectivity index is 1.44. The molecule has 2 aliphatic heterocycles. The fraction of sp³-hybridized carbons (Fsp3) is 0.261. The lowest BCUT2D eigenvalue weighted by Gasteiger charge is -2.45. The predicted octanol–water partition coefficient (Wildman–Crippen LogP) is 4.00. The average molecular weight is 470 g/mol. The molecular weight excluding hydrogens is 449 g/mol. The SMILES string of the molecule is Nc1c(C(=O)N2CCC[C@@]3(C2)OC(=O)Nc2ccc(Cl)c(F)c23)cnn1Cc1ccccc1. The molecule has 3 aromatic rings. The molecule has 0 aliphatic carbocycles. The normalized spacial score (nSPS) is 19.7. The molecule has 1 atom stereocenters. The van der Waals surface area contributed by atoms with Crippen LogP contribution in [0.3, 0.4) is 0 Å². The first-order valence-electron chi connectivity index (χ1n) is 10.5. The summed E-state index contributed by atoms with van der Waals surface area (Å²) in [5.74, 6) is -0.788. The molecule has 1 saturated heterocycles. The lowest BCUT2D eigenvalue weighted by Crippen LogP contribution is -2.53. The standard InChI is InChI=1S/C23H21ClFN5O3/c24-16-7-8-17-18(19(16)25)23(33-22(32)28-17)9-4-10-29(13-23)21(31)15-11-27-30(20(15)26)12-14-5-2-1-3-6-14/h1-3,5-8,11H,4,9-10,12-13,26H2,(H,28,32)/t23-/m0/s1. The van der Waals surface area contributed by atoms with E-state index in [0.29, 0.717) is 25.9 Å². The molecule has 3 N–H and O–H groups in total. The number of anilines is 2. The summed E-state index contributed by atoms with van der Waals surface area (Å²) >= 11 is 6.02. The Labute approximate surface area is 194 Å². The highest BCUT2D eigenvalue weighted by Gasteiger charge is 2.48. The number of piperidine rings is 1. The summed E-state index contributed by atoms with van der Waals surface area (Å²) in [4.78, 5) is 27.1. The Kier molecular flexibility index (Phi) is 5.20. The lowest BCUT2D eigenvalue weighted by molar-refractivity contribution is -0.0418. The van der Waals surface area contributed by atoms with E-state index in [-0.39, 0.29) is 40.1 Å². The van der Waals surface area contributed by atoms with Crippen LogP contribution in [0.25, 0.3) is 0 Å². The summed E-state index contributed by atoms with van der Waals surface area (Å²) < 4.78 is 22.2. The number of nitrogens with two attached hydrogens (primary N) is 1. The van der Waals surface area contributed by atoms with Gasteiger partial charge in [0.25, 0.3) is 5.91 Å². The van der Waals surface area contributed by atoms with Crippen LogP contribution in [0.4, 0.5) is 20.7 Å². The molecule has 1 spiro atoms. The molecule has 1 fully saturated rings. The van der Waals surface area contributed by atoms with E-state index in [1.165, 1.54) is 23.2 Å². The van der Waals surface area contributed by atoms with E-state index in [0.717, 1.165) is 5.56 Å². The largest absolute Gasteiger partial charge is 0.436 e. The van der Waals surface area contributed by atoms with Crippen molar-refractivity contribution in [1.82, 2.24) is 14.7 Å². The minimum atomic E-state index is -1.34. The van der Waals surface area contributed by atoms with Crippen molar-refractivity contribution in [3.8, 4) is 0 Å². The van der Waals surface area contributed by atoms with Gasteiger partial charge in [0.05, 0.1) is 35.6 Å². The van der Waals surface area contributed by atoms with Gasteiger partial charge in [-0.1, -0.05) is 41.9 Å². The molecule has 2 aliphatic rings. The highest BCUT2D eigenvalue weighted by atomic mass is 35.5. The van der Waals surface area contributed by atoms with Gasteiger partial charge < -0.3 is 15.4 Å². The van der Waals surface area contributed by atoms with Gasteiger partial charge in [-0.3, -0.25) is 10.1 Å². The van der Waals surface area contributed by atoms with E-state index in [1.54, 1.807) is 4.68 Å². The van der Waals surface area contributed by atoms with E-state index in [1.807, 2.05) is 30.3 Å². The van der Waals surface area contributed by atoms with Crippen molar-refractivity contribution in [2.45, 2.75) is 25.0 Å². The first kappa shape index (κ1) is 21.3. The quantitative estimate of drug-likeness (QED) is 0.603. The van der Waals surface area contributed by atoms with E-state index in [4.69, 9.17) is 22.1 Å². The number of amides is 2. The Morgan fingerprint density at radius 1 is 1.27 bits per heavy atom. The molecule has 10 heteroatoms. The van der Waals surface area contributed by atoms with Crippen molar-refractivity contribution < 1.29 is 18.7 Å². The maximum absolute atomic E-state index is 15.1. The Bertz CT molecular complexity index is 1250. The number of hydrogen-bond donors (Lipinski definition) is 2. The number of fused-ring (bicyclic) bond motifs is 2. The molecule has 170 valence electrons. The van der Waals surface area contributed by atoms with Crippen LogP contribution >= 0.6 is 11.6 Å². The number of benzene rings is 2. The third-order valence-corrected chi connectivity index (χ3v) is 6.40. The molecule has 2 aromatic carbocycles. The van der Waals surface area contributed by atoms with E-state index in [9.17, 15) is 9.59 Å². The van der Waals surface area contributed by atoms with Gasteiger partial charge in [-0.25, -0.2) is 13.9 Å². The number of nitrogen functional groups attached to an aromatic ring is 1. The summed E-state index contributed by atoms with van der Waals surface area (Å²) in [6.45, 7) is 0.809. The minimum absolute atomic E-state index is 0.0210. The minimum Gasteiger partial charge on any atom is -0.436 e. The van der Waals surface area contributed by atoms with Crippen molar-refractivity contribution in [1.29, 1.82) is 0 Å². The molecule has 2 amide bonds. The van der Waals surface area contributed by atoms with E-state index >= 15 is 4.39 Å². The van der Waals surface area contributed by atoms with Crippen LogP contribution in [-0.2, 0) is 16.9 Å². The summed E-state index contributed by atoms with van der Waals surface area (Å²) in [5.41, 5.74) is 6.60. The zero-order valence-electron chi connectivity index (χ0n) is 17.6. The van der Waals surface area contributed by atoms with Gasteiger partial charge in [-0.15, -0.1) is 0 Å². The smallest absolute Gasteiger partial charge is 0.412 e. The highest BCUT2D eigenvalue weighted by molar-refractivity contribution is 6.31. The number of carbonyl (C=O) groups is 2. The Morgan fingerprint density at radius 2 is 2.06 bits per heavy atom. The third kappa shape index (κ3) is 3.68. The number of likely N-dealkylation sites (tertiary alicyclic amines) is 1. The number of rotatable bonds is 3. The van der Waals surface area contributed by atoms with Crippen LogP contribution in [0, 0.1) is 5.82 Å². The van der Waals surface area contributed by atoms with Crippen molar-refractivity contribution in [3.63, 3.8) is 0 Å². The number of carbonyl (C=O) groups excluding carboxylic acids is 2. The second-order valence-electron chi connectivity index (χ2n) is 8.21. The van der Waals surface area contributed by atoms with Crippen LogP contribution in [-0.4, -0.2) is 39.8 Å². The Morgan fingerprint density at radius 3 is 2.85 bits per heavy atom. The first-order valence-corrected chi connectivity index (χ1v) is 10.9. The topological polar surface area (TPSA) is 102 Å². The molecule has 3 heterocycles. The van der Waals surface area contributed by atoms with Gasteiger partial charge in [0.1, 0.15) is 11.4 Å². The molecule has 0 saturated carbocycles. The number of ether oxygens (including phenoxy) is 1. The van der Waals surface area contributed by atoms with Crippen molar-refractivity contribution in [2.24, 2.45) is 0 Å². The highest BCUT2D eigenvalue weighted by Crippen LogP contribution is 2.45. The summed E-state index contributed by atoms with van der Waals surface area (Å²) in [7, 11) is 0. The fourth-order valence-electron chi connectivity index (χ4n) is 4.56. The Hall–Kier alpha value is -3.59. The molecule has 1 aromatic heterocycles. The van der Waals surface area contributed by atoms with Crippen LogP contribution in [0.1, 0.15) is 34.3 Å². The number of halogens is 2. The average Bonchev–Trinajstić information content (AvgIpc) is 3.16. The summed E-state index contributed by atoms with van der Waals surface area (Å²) in [5, 5.41) is 6.71. The molecule has 0 radical (unpaired) electrons. The van der Waals surface area contributed by atoms with E-state index in [2.05, 4.69) is 10.4 Å². The summed E-state index contributed by atoms with van der Waals surface area (Å²) in [6.07, 6.45) is 1.59. The van der Waals surface area contributed by atoms with Crippen molar-refractivity contribution in [3.05, 3.63) is 76.2 Å². The van der Waals surface area contributed by atoms with Crippen molar-refractivity contribution in [2.75, 3.05) is 24.1 Å². The maximum atomic E-state index is 15.1. The zero-order chi connectivity index (χ0) is 23.2. The lowest BCUT2D eigenvalue weighted by atomic mass is 9.83. The van der Waals surface area contributed by atoms with Gasteiger partial charge in [0.2, 0.25) is 0 Å². The van der Waals surface area contributed by atoms with Gasteiger partial charge in [-0.2, -0.15) is 5.10 Å². The monoisotopic (exact) mass is 469 g/mol. The van der Waals surface area contributed by atoms with Gasteiger partial charge >= 0.3 is 6.09 Å². The second kappa shape index (κ2) is 8.08. The zero-order valence-corrected chi connectivity index (χ0v) is 18.3. The first-order chi connectivity index (χ1) is 15.9. The number of nitrogens with one attached hydrogen (secondary N) is 1. The van der Waals surface area contributed by atoms with E-state index < -0.39 is 17.5 Å². The molecule has 8 nitrogen and oxygen atoms in total. The third-order valence-electron chi connectivity index (χ3n) is 6.10. The van der Waals surface area contributed by atoms with Crippen LogP contribution in [0.5, 0.6) is 0 Å². The predicted molar refractivity (Wildman–Crippen MR) is 121 cm³/mol. The molecule has 0 unspecified atom stereocenters. The van der Waals surface area contributed by atoms with Crippen LogP contribution in [0.2, 0.25) is 5.02 Å². The van der Waals surface area contributed by atoms with Crippen LogP contribution < -0.4 is 11.1 Å². The molecule has 5 rings (SSSR count). The van der Waals surface area contributed by atoms with Gasteiger partial charge in [0.15, 0.2) is 11.4 Å². The number of nitrogens with zero attached hydrogens (tertiary/aromatic N) is 3. The maximum Gasteiger partial charge on any atom is 0.412 e. The van der Waals surface area contributed by atoms with Gasteiger partial charge in [-0.05, 0) is 30.5 Å². The number of hydrogen-bond acceptors (Lipinski definition) is 5. The second-order valence-corrected chi connectivity index (χ2v) is 8.62. The number of aromatic nitrogens is 2. The molecular formula is C23H21ClFN5O3. The van der Waals surface area contributed by atoms with Crippen LogP contribution in [0.15, 0.2) is 48.7 Å². The fourth-order valence-corrected chi connectivity index (χ4v) is 4.72. The van der Waals surface area contributed by atoms with Crippen molar-refractivity contribution >= 4 is 35.1 Å². The summed E-state index contributed by atoms with van der Waals surface area (Å²) in [6, 6.07) is 12.5.